The first-order chi connectivity index (χ1) is 11.4. The van der Waals surface area contributed by atoms with Crippen molar-refractivity contribution in [1.82, 2.24) is 0 Å². The van der Waals surface area contributed by atoms with E-state index in [9.17, 15) is 0 Å². The Morgan fingerprint density at radius 3 is 2.52 bits per heavy atom. The Hall–Kier alpha value is -2.80. The lowest BCUT2D eigenvalue weighted by molar-refractivity contribution is 0.305. The van der Waals surface area contributed by atoms with Crippen LogP contribution in [-0.2, 0) is 0 Å². The van der Waals surface area contributed by atoms with Crippen LogP contribution in [0.15, 0.2) is 59.7 Å². The molecule has 0 atom stereocenters. The minimum Gasteiger partial charge on any atom is -0.494 e. The van der Waals surface area contributed by atoms with Gasteiger partial charge in [0, 0.05) is 6.42 Å². The number of hydrogen-bond acceptors (Lipinski definition) is 4. The van der Waals surface area contributed by atoms with Gasteiger partial charge in [-0.1, -0.05) is 18.2 Å². The molecular formula is C19H21N3O. The van der Waals surface area contributed by atoms with Crippen LogP contribution in [0.25, 0.3) is 0 Å². The molecule has 0 spiro atoms. The van der Waals surface area contributed by atoms with E-state index in [2.05, 4.69) is 16.6 Å². The minimum absolute atomic E-state index is 0.630. The summed E-state index contributed by atoms with van der Waals surface area (Å²) in [5.74, 6) is 0.860. The molecule has 0 radical (unpaired) electrons. The monoisotopic (exact) mass is 307 g/mol. The number of unbranched alkanes of at least 4 members (excludes halogenated alkanes) is 3. The predicted molar refractivity (Wildman–Crippen MR) is 93.7 cm³/mol. The van der Waals surface area contributed by atoms with Gasteiger partial charge in [0.25, 0.3) is 0 Å². The summed E-state index contributed by atoms with van der Waals surface area (Å²) in [4.78, 5) is 0. The van der Waals surface area contributed by atoms with Crippen molar-refractivity contribution < 1.29 is 4.74 Å². The molecule has 4 heteroatoms. The molecule has 2 aromatic rings. The minimum atomic E-state index is 0.630. The quantitative estimate of drug-likeness (QED) is 0.418. The van der Waals surface area contributed by atoms with Crippen molar-refractivity contribution in [3.05, 3.63) is 60.2 Å². The fraction of sp³-hybridized carbons (Fsp3) is 0.263. The highest BCUT2D eigenvalue weighted by Crippen LogP contribution is 2.12. The molecule has 0 bridgehead atoms. The maximum absolute atomic E-state index is 8.46. The zero-order valence-electron chi connectivity index (χ0n) is 13.1. The first kappa shape index (κ1) is 16.6. The number of rotatable bonds is 9. The first-order valence-electron chi connectivity index (χ1n) is 7.82. The number of para-hydroxylation sites is 1. The molecule has 0 heterocycles. The molecule has 0 aliphatic rings. The number of nitrogens with zero attached hydrogens (tertiary/aromatic N) is 2. The van der Waals surface area contributed by atoms with Crippen LogP contribution in [0, 0.1) is 11.3 Å². The molecule has 4 nitrogen and oxygen atoms in total. The van der Waals surface area contributed by atoms with Gasteiger partial charge in [-0.25, -0.2) is 0 Å². The highest BCUT2D eigenvalue weighted by atomic mass is 16.5. The molecule has 118 valence electrons. The maximum Gasteiger partial charge on any atom is 0.119 e. The van der Waals surface area contributed by atoms with E-state index >= 15 is 0 Å². The summed E-state index contributed by atoms with van der Waals surface area (Å²) >= 11 is 0. The first-order valence-corrected chi connectivity index (χ1v) is 7.82. The van der Waals surface area contributed by atoms with Crippen LogP contribution in [0.3, 0.4) is 0 Å². The van der Waals surface area contributed by atoms with Gasteiger partial charge < -0.3 is 4.74 Å². The van der Waals surface area contributed by atoms with Crippen molar-refractivity contribution in [2.24, 2.45) is 5.10 Å². The number of anilines is 1. The zero-order chi connectivity index (χ0) is 16.2. The third-order valence-electron chi connectivity index (χ3n) is 3.26. The fourth-order valence-electron chi connectivity index (χ4n) is 2.02. The van der Waals surface area contributed by atoms with Gasteiger partial charge in [-0.3, -0.25) is 5.43 Å². The average molecular weight is 307 g/mol. The normalized spacial score (nSPS) is 10.4. The lowest BCUT2D eigenvalue weighted by Gasteiger charge is -2.05. The van der Waals surface area contributed by atoms with Crippen molar-refractivity contribution in [2.75, 3.05) is 12.0 Å². The molecule has 0 saturated heterocycles. The topological polar surface area (TPSA) is 57.4 Å². The summed E-state index contributed by atoms with van der Waals surface area (Å²) < 4.78 is 5.67. The van der Waals surface area contributed by atoms with Gasteiger partial charge in [0.15, 0.2) is 0 Å². The van der Waals surface area contributed by atoms with E-state index in [0.29, 0.717) is 13.0 Å². The molecule has 0 saturated carbocycles. The van der Waals surface area contributed by atoms with E-state index in [1.807, 2.05) is 54.6 Å². The van der Waals surface area contributed by atoms with Crippen molar-refractivity contribution in [2.45, 2.75) is 25.7 Å². The van der Waals surface area contributed by atoms with E-state index in [4.69, 9.17) is 10.00 Å². The van der Waals surface area contributed by atoms with Gasteiger partial charge in [-0.15, -0.1) is 0 Å². The summed E-state index contributed by atoms with van der Waals surface area (Å²) in [7, 11) is 0. The number of ether oxygens (including phenoxy) is 1. The molecule has 0 aliphatic heterocycles. The smallest absolute Gasteiger partial charge is 0.119 e. The molecule has 0 amide bonds. The zero-order valence-corrected chi connectivity index (χ0v) is 13.1. The number of hydrazone groups is 1. The second kappa shape index (κ2) is 10.0. The van der Waals surface area contributed by atoms with Gasteiger partial charge in [0.2, 0.25) is 0 Å². The second-order valence-electron chi connectivity index (χ2n) is 5.12. The van der Waals surface area contributed by atoms with Crippen LogP contribution in [0.1, 0.15) is 31.2 Å². The standard InChI is InChI=1S/C19H21N3O/c20-14-6-1-2-7-15-23-19-12-10-17(11-13-19)16-21-22-18-8-4-3-5-9-18/h3-5,8-13,16,22H,1-2,6-7,15H2. The molecule has 0 aromatic heterocycles. The summed E-state index contributed by atoms with van der Waals surface area (Å²) in [5.41, 5.74) is 4.95. The predicted octanol–water partition coefficient (Wildman–Crippen LogP) is 4.60. The van der Waals surface area contributed by atoms with Crippen molar-refractivity contribution in [3.8, 4) is 11.8 Å². The SMILES string of the molecule is N#CCCCCCOc1ccc(C=NNc2ccccc2)cc1. The van der Waals surface area contributed by atoms with Gasteiger partial charge in [0.1, 0.15) is 5.75 Å². The molecule has 2 aromatic carbocycles. The third-order valence-corrected chi connectivity index (χ3v) is 3.26. The van der Waals surface area contributed by atoms with Crippen molar-refractivity contribution in [1.29, 1.82) is 5.26 Å². The fourth-order valence-corrected chi connectivity index (χ4v) is 2.02. The molecular weight excluding hydrogens is 286 g/mol. The lowest BCUT2D eigenvalue weighted by Crippen LogP contribution is -1.97. The van der Waals surface area contributed by atoms with Crippen LogP contribution < -0.4 is 10.2 Å². The molecule has 1 N–H and O–H groups in total. The Kier molecular flexibility index (Phi) is 7.21. The Morgan fingerprint density at radius 2 is 1.78 bits per heavy atom. The summed E-state index contributed by atoms with van der Waals surface area (Å²) in [5, 5.41) is 12.7. The van der Waals surface area contributed by atoms with E-state index < -0.39 is 0 Å². The van der Waals surface area contributed by atoms with Gasteiger partial charge in [0.05, 0.1) is 24.6 Å². The van der Waals surface area contributed by atoms with Gasteiger partial charge >= 0.3 is 0 Å². The maximum atomic E-state index is 8.46. The van der Waals surface area contributed by atoms with Crippen LogP contribution in [0.4, 0.5) is 5.69 Å². The summed E-state index contributed by atoms with van der Waals surface area (Å²) in [6.45, 7) is 0.689. The molecule has 0 fully saturated rings. The molecule has 2 rings (SSSR count). The van der Waals surface area contributed by atoms with Gasteiger partial charge in [-0.05, 0) is 61.2 Å². The van der Waals surface area contributed by atoms with Crippen molar-refractivity contribution in [3.63, 3.8) is 0 Å². The number of benzene rings is 2. The molecule has 23 heavy (non-hydrogen) atoms. The van der Waals surface area contributed by atoms with E-state index in [1.165, 1.54) is 0 Å². The molecule has 0 aliphatic carbocycles. The van der Waals surface area contributed by atoms with Crippen LogP contribution >= 0.6 is 0 Å². The second-order valence-corrected chi connectivity index (χ2v) is 5.12. The van der Waals surface area contributed by atoms with Gasteiger partial charge in [-0.2, -0.15) is 10.4 Å². The number of nitriles is 1. The third kappa shape index (κ3) is 6.66. The van der Waals surface area contributed by atoms with Crippen LogP contribution in [-0.4, -0.2) is 12.8 Å². The number of nitrogens with one attached hydrogen (secondary N) is 1. The highest BCUT2D eigenvalue weighted by molar-refractivity contribution is 5.80. The van der Waals surface area contributed by atoms with Crippen LogP contribution in [0.5, 0.6) is 5.75 Å². The highest BCUT2D eigenvalue weighted by Gasteiger charge is 1.95. The Labute approximate surface area is 137 Å². The van der Waals surface area contributed by atoms with Crippen molar-refractivity contribution >= 4 is 11.9 Å². The van der Waals surface area contributed by atoms with E-state index in [-0.39, 0.29) is 0 Å². The largest absolute Gasteiger partial charge is 0.494 e. The van der Waals surface area contributed by atoms with E-state index in [0.717, 1.165) is 36.3 Å². The van der Waals surface area contributed by atoms with Crippen LogP contribution in [0.2, 0.25) is 0 Å². The van der Waals surface area contributed by atoms with E-state index in [1.54, 1.807) is 6.21 Å². The number of hydrogen-bond donors (Lipinski definition) is 1. The average Bonchev–Trinajstić information content (AvgIpc) is 2.60. The Balaban J connectivity index is 1.71. The summed E-state index contributed by atoms with van der Waals surface area (Å²) in [6.07, 6.45) is 5.36. The molecule has 0 unspecified atom stereocenters. The Bertz CT molecular complexity index is 630. The Morgan fingerprint density at radius 1 is 1.00 bits per heavy atom. The lowest BCUT2D eigenvalue weighted by atomic mass is 10.2. The summed E-state index contributed by atoms with van der Waals surface area (Å²) in [6, 6.07) is 19.8.